The first-order chi connectivity index (χ1) is 6.40. The minimum Gasteiger partial charge on any atom is -0.290 e. The third-order valence-corrected chi connectivity index (χ3v) is 1.70. The molecule has 1 aromatic carbocycles. The van der Waals surface area contributed by atoms with Crippen molar-refractivity contribution in [1.82, 2.24) is 15.7 Å². The zero-order chi connectivity index (χ0) is 9.10. The molecule has 66 valence electrons. The van der Waals surface area contributed by atoms with Gasteiger partial charge in [-0.05, 0) is 18.2 Å². The van der Waals surface area contributed by atoms with Gasteiger partial charge in [0.05, 0.1) is 17.4 Å². The maximum absolute atomic E-state index is 8.28. The minimum atomic E-state index is 0.760. The fourth-order valence-electron chi connectivity index (χ4n) is 1.11. The van der Waals surface area contributed by atoms with Crippen LogP contribution in [0.2, 0.25) is 0 Å². The van der Waals surface area contributed by atoms with E-state index in [1.165, 1.54) is 6.34 Å². The quantitative estimate of drug-likeness (QED) is 0.365. The molecule has 3 N–H and O–H groups in total. The predicted molar refractivity (Wildman–Crippen MR) is 49.2 cm³/mol. The maximum atomic E-state index is 8.28. The minimum absolute atomic E-state index is 0.760. The van der Waals surface area contributed by atoms with Crippen molar-refractivity contribution in [3.63, 3.8) is 0 Å². The van der Waals surface area contributed by atoms with Gasteiger partial charge in [0.1, 0.15) is 6.34 Å². The molecular weight excluding hydrogens is 168 g/mol. The molecule has 5 heteroatoms. The number of hydrogen-bond acceptors (Lipinski definition) is 3. The first-order valence-corrected chi connectivity index (χ1v) is 3.75. The molecule has 0 amide bonds. The number of aliphatic imine (C=N–C) groups is 1. The van der Waals surface area contributed by atoms with Gasteiger partial charge in [0, 0.05) is 5.39 Å². The van der Waals surface area contributed by atoms with Crippen LogP contribution in [0.15, 0.2) is 29.4 Å². The Bertz CT molecular complexity index is 434. The van der Waals surface area contributed by atoms with Gasteiger partial charge in [0.15, 0.2) is 0 Å². The lowest BCUT2D eigenvalue weighted by Crippen LogP contribution is -2.00. The van der Waals surface area contributed by atoms with E-state index in [-0.39, 0.29) is 0 Å². The van der Waals surface area contributed by atoms with E-state index >= 15 is 0 Å². The zero-order valence-electron chi connectivity index (χ0n) is 6.73. The van der Waals surface area contributed by atoms with Gasteiger partial charge in [0.2, 0.25) is 0 Å². The van der Waals surface area contributed by atoms with Crippen molar-refractivity contribution in [3.8, 4) is 0 Å². The zero-order valence-corrected chi connectivity index (χ0v) is 6.73. The number of aromatic amines is 1. The first kappa shape index (κ1) is 7.75. The van der Waals surface area contributed by atoms with Gasteiger partial charge in [-0.3, -0.25) is 15.8 Å². The van der Waals surface area contributed by atoms with Crippen LogP contribution in [0.4, 0.5) is 5.69 Å². The summed E-state index contributed by atoms with van der Waals surface area (Å²) in [6.45, 7) is 0. The van der Waals surface area contributed by atoms with Crippen molar-refractivity contribution in [3.05, 3.63) is 24.4 Å². The Morgan fingerprint density at radius 1 is 1.54 bits per heavy atom. The van der Waals surface area contributed by atoms with Crippen LogP contribution < -0.4 is 5.48 Å². The van der Waals surface area contributed by atoms with Crippen LogP contribution in [0.1, 0.15) is 0 Å². The number of nitrogens with one attached hydrogen (secondary N) is 2. The molecule has 0 fully saturated rings. The molecule has 0 atom stereocenters. The monoisotopic (exact) mass is 176 g/mol. The molecule has 0 unspecified atom stereocenters. The highest BCUT2D eigenvalue weighted by molar-refractivity contribution is 5.81. The number of rotatable bonds is 2. The topological polar surface area (TPSA) is 73.3 Å². The van der Waals surface area contributed by atoms with Crippen molar-refractivity contribution in [1.29, 1.82) is 0 Å². The number of hydroxylamine groups is 1. The standard InChI is InChI=1S/C8H8N4O/c13-11-5-9-7-1-2-8-6(3-7)4-10-12-8/h1-5,13H,(H,9,11)(H,10,12). The molecular formula is C8H8N4O. The number of aromatic nitrogens is 2. The highest BCUT2D eigenvalue weighted by Crippen LogP contribution is 2.18. The second kappa shape index (κ2) is 3.24. The van der Waals surface area contributed by atoms with Gasteiger partial charge in [-0.15, -0.1) is 0 Å². The van der Waals surface area contributed by atoms with Gasteiger partial charge in [-0.25, -0.2) is 4.99 Å². The molecule has 1 aromatic heterocycles. The van der Waals surface area contributed by atoms with Gasteiger partial charge in [-0.2, -0.15) is 5.10 Å². The van der Waals surface area contributed by atoms with E-state index in [9.17, 15) is 0 Å². The number of H-pyrrole nitrogens is 1. The normalized spacial score (nSPS) is 11.2. The summed E-state index contributed by atoms with van der Waals surface area (Å²) in [4.78, 5) is 3.93. The van der Waals surface area contributed by atoms with Crippen molar-refractivity contribution in [2.75, 3.05) is 0 Å². The first-order valence-electron chi connectivity index (χ1n) is 3.75. The van der Waals surface area contributed by atoms with E-state index in [1.807, 2.05) is 23.7 Å². The van der Waals surface area contributed by atoms with E-state index < -0.39 is 0 Å². The Hall–Kier alpha value is -1.88. The van der Waals surface area contributed by atoms with Gasteiger partial charge < -0.3 is 0 Å². The smallest absolute Gasteiger partial charge is 0.113 e. The summed E-state index contributed by atoms with van der Waals surface area (Å²) in [7, 11) is 0. The fraction of sp³-hybridized carbons (Fsp3) is 0. The Morgan fingerprint density at radius 2 is 2.46 bits per heavy atom. The van der Waals surface area contributed by atoms with Crippen LogP contribution in [0.3, 0.4) is 0 Å². The molecule has 0 aliphatic rings. The predicted octanol–water partition coefficient (Wildman–Crippen LogP) is 1.20. The molecule has 2 aromatic rings. The Morgan fingerprint density at radius 3 is 3.31 bits per heavy atom. The molecule has 0 bridgehead atoms. The summed E-state index contributed by atoms with van der Waals surface area (Å²) in [6.07, 6.45) is 2.93. The highest BCUT2D eigenvalue weighted by Gasteiger charge is 1.95. The molecule has 1 heterocycles. The highest BCUT2D eigenvalue weighted by atomic mass is 16.5. The Kier molecular flexibility index (Phi) is 1.93. The van der Waals surface area contributed by atoms with Crippen LogP contribution in [-0.2, 0) is 0 Å². The summed E-state index contributed by atoms with van der Waals surface area (Å²) in [5.74, 6) is 0. The van der Waals surface area contributed by atoms with Crippen molar-refractivity contribution in [2.24, 2.45) is 4.99 Å². The van der Waals surface area contributed by atoms with E-state index in [1.54, 1.807) is 6.20 Å². The van der Waals surface area contributed by atoms with Gasteiger partial charge in [-0.1, -0.05) is 0 Å². The lowest BCUT2D eigenvalue weighted by atomic mass is 10.2. The third-order valence-electron chi connectivity index (χ3n) is 1.70. The molecule has 0 spiro atoms. The number of benzene rings is 1. The molecule has 0 aliphatic carbocycles. The molecule has 13 heavy (non-hydrogen) atoms. The van der Waals surface area contributed by atoms with Crippen LogP contribution in [0.5, 0.6) is 0 Å². The Balaban J connectivity index is 2.42. The van der Waals surface area contributed by atoms with E-state index in [0.29, 0.717) is 0 Å². The van der Waals surface area contributed by atoms with Crippen molar-refractivity contribution >= 4 is 22.9 Å². The lowest BCUT2D eigenvalue weighted by molar-refractivity contribution is 0.240. The second-order valence-electron chi connectivity index (χ2n) is 2.53. The fourth-order valence-corrected chi connectivity index (χ4v) is 1.11. The SMILES string of the molecule is ONC=Nc1ccc2[nH]ncc2c1. The maximum Gasteiger partial charge on any atom is 0.113 e. The summed E-state index contributed by atoms with van der Waals surface area (Å²) >= 11 is 0. The molecule has 0 saturated heterocycles. The van der Waals surface area contributed by atoms with Gasteiger partial charge in [0.25, 0.3) is 0 Å². The van der Waals surface area contributed by atoms with Crippen LogP contribution in [0.25, 0.3) is 10.9 Å². The molecule has 0 aliphatic heterocycles. The average molecular weight is 176 g/mol. The van der Waals surface area contributed by atoms with Crippen LogP contribution in [-0.4, -0.2) is 21.7 Å². The summed E-state index contributed by atoms with van der Waals surface area (Å²) < 4.78 is 0. The van der Waals surface area contributed by atoms with Crippen molar-refractivity contribution < 1.29 is 5.21 Å². The van der Waals surface area contributed by atoms with Crippen molar-refractivity contribution in [2.45, 2.75) is 0 Å². The van der Waals surface area contributed by atoms with Crippen LogP contribution in [0, 0.1) is 0 Å². The molecule has 0 radical (unpaired) electrons. The Labute approximate surface area is 74.1 Å². The number of hydrogen-bond donors (Lipinski definition) is 3. The summed E-state index contributed by atoms with van der Waals surface area (Å²) in [6, 6.07) is 5.58. The van der Waals surface area contributed by atoms with Gasteiger partial charge >= 0.3 is 0 Å². The summed E-state index contributed by atoms with van der Waals surface area (Å²) in [5, 5.41) is 16.0. The third kappa shape index (κ3) is 1.50. The van der Waals surface area contributed by atoms with E-state index in [4.69, 9.17) is 5.21 Å². The number of fused-ring (bicyclic) bond motifs is 1. The molecule has 0 saturated carbocycles. The summed E-state index contributed by atoms with van der Waals surface area (Å²) in [5.41, 5.74) is 3.57. The largest absolute Gasteiger partial charge is 0.290 e. The lowest BCUT2D eigenvalue weighted by Gasteiger charge is -1.92. The van der Waals surface area contributed by atoms with E-state index in [0.717, 1.165) is 16.6 Å². The average Bonchev–Trinajstić information content (AvgIpc) is 2.61. The molecule has 2 rings (SSSR count). The number of nitrogens with zero attached hydrogens (tertiary/aromatic N) is 2. The molecule has 5 nitrogen and oxygen atoms in total. The van der Waals surface area contributed by atoms with E-state index in [2.05, 4.69) is 15.2 Å². The van der Waals surface area contributed by atoms with Crippen LogP contribution >= 0.6 is 0 Å². The second-order valence-corrected chi connectivity index (χ2v) is 2.53.